The minimum Gasteiger partial charge on any atom is -0.670 e. The van der Waals surface area contributed by atoms with Crippen molar-refractivity contribution >= 4 is 56.6 Å². The fourth-order valence-electron chi connectivity index (χ4n) is 0.596. The van der Waals surface area contributed by atoms with E-state index < -0.39 is 0 Å². The third-order valence-corrected chi connectivity index (χ3v) is 3.40. The van der Waals surface area contributed by atoms with Gasteiger partial charge in [-0.2, -0.15) is 0 Å². The molecule has 0 aromatic rings. The maximum Gasteiger partial charge on any atom is 1.00 e. The number of hydrogen-bond acceptors (Lipinski definition) is 4. The molecule has 0 radical (unpaired) electrons. The second-order valence-electron chi connectivity index (χ2n) is 2.35. The molecule has 0 saturated heterocycles. The number of thioether (sulfide) groups is 2. The normalized spacial score (nSPS) is 7.78. The first-order valence-corrected chi connectivity index (χ1v) is 8.09. The number of thiocarbonyl (C=S) groups is 2. The predicted molar refractivity (Wildman–Crippen MR) is 89.3 cm³/mol. The van der Waals surface area contributed by atoms with Crippen LogP contribution in [0.4, 0.5) is 0 Å². The van der Waals surface area contributed by atoms with Gasteiger partial charge < -0.3 is 10.6 Å². The molecule has 0 rings (SSSR count). The SMILES string of the molecule is CC[N-]C(=S)SCC.CC[N-]C(=S)SCC.[Cu+].[Cu+]. The molecule has 8 heteroatoms. The Balaban J connectivity index is -0.0000000980. The van der Waals surface area contributed by atoms with Gasteiger partial charge in [0.25, 0.3) is 0 Å². The van der Waals surface area contributed by atoms with Gasteiger partial charge in [-0.15, -0.1) is 36.6 Å². The smallest absolute Gasteiger partial charge is 0.670 e. The van der Waals surface area contributed by atoms with Crippen molar-refractivity contribution in [1.82, 2.24) is 0 Å². The van der Waals surface area contributed by atoms with Gasteiger partial charge in [0, 0.05) is 0 Å². The van der Waals surface area contributed by atoms with E-state index in [9.17, 15) is 0 Å². The van der Waals surface area contributed by atoms with Crippen molar-refractivity contribution in [2.45, 2.75) is 27.7 Å². The van der Waals surface area contributed by atoms with Crippen molar-refractivity contribution in [3.05, 3.63) is 10.6 Å². The van der Waals surface area contributed by atoms with E-state index in [0.717, 1.165) is 33.2 Å². The van der Waals surface area contributed by atoms with Gasteiger partial charge in [0.2, 0.25) is 0 Å². The Morgan fingerprint density at radius 3 is 1.22 bits per heavy atom. The van der Waals surface area contributed by atoms with Crippen molar-refractivity contribution in [1.29, 1.82) is 0 Å². The van der Waals surface area contributed by atoms with Crippen molar-refractivity contribution in [3.8, 4) is 0 Å². The summed E-state index contributed by atoms with van der Waals surface area (Å²) < 4.78 is 1.57. The van der Waals surface area contributed by atoms with Crippen LogP contribution in [-0.4, -0.2) is 33.2 Å². The van der Waals surface area contributed by atoms with Gasteiger partial charge in [0.15, 0.2) is 0 Å². The number of nitrogens with zero attached hydrogens (tertiary/aromatic N) is 2. The molecule has 0 aromatic carbocycles. The zero-order valence-electron chi connectivity index (χ0n) is 11.0. The minimum atomic E-state index is 0. The molecule has 0 atom stereocenters. The summed E-state index contributed by atoms with van der Waals surface area (Å²) in [6, 6.07) is 0. The van der Waals surface area contributed by atoms with Gasteiger partial charge in [-0.3, -0.25) is 0 Å². The van der Waals surface area contributed by atoms with Crippen molar-refractivity contribution in [3.63, 3.8) is 0 Å². The van der Waals surface area contributed by atoms with Crippen LogP contribution in [0.1, 0.15) is 27.7 Å². The van der Waals surface area contributed by atoms with Gasteiger partial charge in [-0.1, -0.05) is 52.1 Å². The monoisotopic (exact) mass is 422 g/mol. The van der Waals surface area contributed by atoms with Crippen LogP contribution in [0.2, 0.25) is 0 Å². The molecule has 0 aromatic heterocycles. The van der Waals surface area contributed by atoms with Gasteiger partial charge >= 0.3 is 34.1 Å². The first-order valence-electron chi connectivity index (χ1n) is 5.30. The van der Waals surface area contributed by atoms with Gasteiger partial charge in [0.05, 0.1) is 0 Å². The first kappa shape index (κ1) is 27.8. The topological polar surface area (TPSA) is 28.2 Å². The average molecular weight is 424 g/mol. The summed E-state index contributed by atoms with van der Waals surface area (Å²) >= 11 is 12.9. The van der Waals surface area contributed by atoms with Gasteiger partial charge in [0.1, 0.15) is 0 Å². The second kappa shape index (κ2) is 23.6. The minimum absolute atomic E-state index is 0. The zero-order valence-corrected chi connectivity index (χ0v) is 16.1. The van der Waals surface area contributed by atoms with Crippen LogP contribution in [-0.2, 0) is 34.1 Å². The Kier molecular flexibility index (Phi) is 36.4. The quantitative estimate of drug-likeness (QED) is 0.478. The second-order valence-corrected chi connectivity index (χ2v) is 6.14. The van der Waals surface area contributed by atoms with Crippen LogP contribution < -0.4 is 0 Å². The van der Waals surface area contributed by atoms with E-state index in [-0.39, 0.29) is 34.1 Å². The zero-order chi connectivity index (χ0) is 12.8. The molecule has 116 valence electrons. The largest absolute Gasteiger partial charge is 1.00 e. The number of hydrogen-bond donors (Lipinski definition) is 0. The Morgan fingerprint density at radius 1 is 0.778 bits per heavy atom. The summed E-state index contributed by atoms with van der Waals surface area (Å²) in [7, 11) is 0. The van der Waals surface area contributed by atoms with Gasteiger partial charge in [-0.25, -0.2) is 0 Å². The van der Waals surface area contributed by atoms with Crippen molar-refractivity contribution in [2.75, 3.05) is 24.6 Å². The van der Waals surface area contributed by atoms with Crippen LogP contribution in [0, 0.1) is 0 Å². The standard InChI is InChI=1S/2C5H11NS2.2Cu/c2*1-3-6-5(7)8-4-2;;/h2*3-4H2,1-2H3,(H,6,7);;/q;;2*+1/p-2. The van der Waals surface area contributed by atoms with E-state index >= 15 is 0 Å². The van der Waals surface area contributed by atoms with Crippen molar-refractivity contribution < 1.29 is 34.1 Å². The summed E-state index contributed by atoms with van der Waals surface area (Å²) in [5.74, 6) is 2.06. The van der Waals surface area contributed by atoms with E-state index in [2.05, 4.69) is 24.5 Å². The fraction of sp³-hybridized carbons (Fsp3) is 0.800. The molecule has 0 saturated carbocycles. The molecule has 0 aliphatic rings. The van der Waals surface area contributed by atoms with Crippen LogP contribution in [0.3, 0.4) is 0 Å². The first-order chi connectivity index (χ1) is 7.62. The van der Waals surface area contributed by atoms with E-state index in [1.165, 1.54) is 0 Å². The summed E-state index contributed by atoms with van der Waals surface area (Å²) in [6.07, 6.45) is 0. The Bertz CT molecular complexity index is 159. The van der Waals surface area contributed by atoms with Crippen molar-refractivity contribution in [2.24, 2.45) is 0 Å². The molecular formula is C10H20Cu2N2S4. The molecule has 0 N–H and O–H groups in total. The van der Waals surface area contributed by atoms with Crippen LogP contribution in [0.5, 0.6) is 0 Å². The van der Waals surface area contributed by atoms with E-state index in [4.69, 9.17) is 24.4 Å². The third-order valence-electron chi connectivity index (χ3n) is 1.11. The predicted octanol–water partition coefficient (Wildman–Crippen LogP) is 4.83. The van der Waals surface area contributed by atoms with E-state index in [1.54, 1.807) is 23.5 Å². The number of rotatable bonds is 4. The summed E-state index contributed by atoms with van der Waals surface area (Å²) in [5, 5.41) is 8.02. The third kappa shape index (κ3) is 26.2. The van der Waals surface area contributed by atoms with Gasteiger partial charge in [-0.05, 0) is 20.1 Å². The molecule has 0 spiro atoms. The van der Waals surface area contributed by atoms with E-state index in [0.29, 0.717) is 0 Å². The van der Waals surface area contributed by atoms with E-state index in [1.807, 2.05) is 13.8 Å². The molecule has 0 bridgehead atoms. The molecule has 0 aliphatic carbocycles. The Morgan fingerprint density at radius 2 is 1.06 bits per heavy atom. The molecule has 0 unspecified atom stereocenters. The molecular weight excluding hydrogens is 403 g/mol. The molecule has 0 fully saturated rings. The summed E-state index contributed by atoms with van der Waals surface area (Å²) in [6.45, 7) is 9.74. The molecule has 0 aliphatic heterocycles. The maximum absolute atomic E-state index is 4.85. The summed E-state index contributed by atoms with van der Waals surface area (Å²) in [5.41, 5.74) is 0. The molecule has 2 nitrogen and oxygen atoms in total. The van der Waals surface area contributed by atoms with Crippen LogP contribution >= 0.6 is 48.0 Å². The Labute approximate surface area is 152 Å². The van der Waals surface area contributed by atoms with Crippen LogP contribution in [0.15, 0.2) is 0 Å². The Hall–Kier alpha value is 1.52. The summed E-state index contributed by atoms with van der Waals surface area (Å²) in [4.78, 5) is 0. The molecule has 0 amide bonds. The molecule has 18 heavy (non-hydrogen) atoms. The average Bonchev–Trinajstić information content (AvgIpc) is 2.20. The maximum atomic E-state index is 4.85. The molecule has 0 heterocycles. The fourth-order valence-corrected chi connectivity index (χ4v) is 2.50. The van der Waals surface area contributed by atoms with Crippen LogP contribution in [0.25, 0.3) is 10.6 Å².